The highest BCUT2D eigenvalue weighted by atomic mass is 16.5. The van der Waals surface area contributed by atoms with E-state index >= 15 is 0 Å². The summed E-state index contributed by atoms with van der Waals surface area (Å²) in [5, 5.41) is 0.400. The molecule has 128 valence electrons. The molecule has 0 aliphatic rings. The Hall–Kier alpha value is -3.35. The zero-order valence-corrected chi connectivity index (χ0v) is 13.9. The number of ether oxygens (including phenoxy) is 2. The number of para-hydroxylation sites is 1. The lowest BCUT2D eigenvalue weighted by molar-refractivity contribution is 0.0507. The van der Waals surface area contributed by atoms with Crippen molar-refractivity contribution >= 4 is 22.6 Å². The molecule has 0 amide bonds. The predicted molar refractivity (Wildman–Crippen MR) is 94.0 cm³/mol. The van der Waals surface area contributed by atoms with E-state index in [2.05, 4.69) is 10.4 Å². The van der Waals surface area contributed by atoms with Crippen molar-refractivity contribution < 1.29 is 14.3 Å². The molecule has 25 heavy (non-hydrogen) atoms. The number of benzene rings is 2. The average Bonchev–Trinajstić information content (AvgIpc) is 2.64. The molecule has 1 N–H and O–H groups in total. The van der Waals surface area contributed by atoms with E-state index in [1.807, 2.05) is 0 Å². The van der Waals surface area contributed by atoms with E-state index in [-0.39, 0.29) is 18.0 Å². The van der Waals surface area contributed by atoms with Crippen molar-refractivity contribution in [3.05, 3.63) is 64.7 Å². The maximum Gasteiger partial charge on any atom is 0.376 e. The monoisotopic (exact) mass is 339 g/mol. The molecule has 0 spiro atoms. The van der Waals surface area contributed by atoms with Crippen molar-refractivity contribution in [2.45, 2.75) is 6.92 Å². The molecule has 2 aromatic carbocycles. The second-order valence-electron chi connectivity index (χ2n) is 5.15. The minimum atomic E-state index is -0.675. The number of carbonyl (C=O) groups is 1. The predicted octanol–water partition coefficient (Wildman–Crippen LogP) is 2.46. The molecule has 0 radical (unpaired) electrons. The molecule has 0 aliphatic carbocycles. The Bertz CT molecular complexity index is 964. The molecular weight excluding hydrogens is 322 g/mol. The molecule has 0 bridgehead atoms. The van der Waals surface area contributed by atoms with Gasteiger partial charge >= 0.3 is 5.97 Å². The molecule has 3 rings (SSSR count). The lowest BCUT2D eigenvalue weighted by Gasteiger charge is -2.14. The van der Waals surface area contributed by atoms with Crippen molar-refractivity contribution in [3.63, 3.8) is 0 Å². The SMILES string of the molecule is CCOC(=O)c1nc2ccccc2c(=O)n1Nc1ccc(OC)cc1. The number of esters is 1. The van der Waals surface area contributed by atoms with Crippen LogP contribution in [0.15, 0.2) is 53.3 Å². The number of hydrogen-bond acceptors (Lipinski definition) is 6. The van der Waals surface area contributed by atoms with Gasteiger partial charge in [0.1, 0.15) is 5.75 Å². The summed E-state index contributed by atoms with van der Waals surface area (Å²) in [6.45, 7) is 1.88. The lowest BCUT2D eigenvalue weighted by Crippen LogP contribution is -2.33. The van der Waals surface area contributed by atoms with Gasteiger partial charge in [-0.3, -0.25) is 10.2 Å². The van der Waals surface area contributed by atoms with Gasteiger partial charge in [0.15, 0.2) is 0 Å². The van der Waals surface area contributed by atoms with Crippen LogP contribution in [0.5, 0.6) is 5.75 Å². The van der Waals surface area contributed by atoms with E-state index in [0.29, 0.717) is 22.3 Å². The lowest BCUT2D eigenvalue weighted by atomic mass is 10.2. The molecular formula is C18H17N3O4. The fraction of sp³-hybridized carbons (Fsp3) is 0.167. The summed E-state index contributed by atoms with van der Waals surface area (Å²) in [5.41, 5.74) is 3.56. The topological polar surface area (TPSA) is 82.5 Å². The summed E-state index contributed by atoms with van der Waals surface area (Å²) in [6.07, 6.45) is 0. The normalized spacial score (nSPS) is 10.5. The van der Waals surface area contributed by atoms with E-state index < -0.39 is 5.97 Å². The third kappa shape index (κ3) is 3.30. The number of methoxy groups -OCH3 is 1. The summed E-state index contributed by atoms with van der Waals surface area (Å²) in [5.74, 6) is -0.104. The van der Waals surface area contributed by atoms with Gasteiger partial charge in [-0.05, 0) is 43.3 Å². The maximum atomic E-state index is 12.8. The third-order valence-corrected chi connectivity index (χ3v) is 3.56. The summed E-state index contributed by atoms with van der Waals surface area (Å²) < 4.78 is 11.2. The first-order chi connectivity index (χ1) is 12.1. The van der Waals surface area contributed by atoms with Crippen LogP contribution in [0.25, 0.3) is 10.9 Å². The molecule has 1 aromatic heterocycles. The van der Waals surface area contributed by atoms with Crippen molar-refractivity contribution in [1.29, 1.82) is 0 Å². The van der Waals surface area contributed by atoms with Gasteiger partial charge in [0.2, 0.25) is 5.82 Å². The zero-order valence-electron chi connectivity index (χ0n) is 13.9. The minimum absolute atomic E-state index is 0.110. The first-order valence-corrected chi connectivity index (χ1v) is 7.74. The Morgan fingerprint density at radius 3 is 2.56 bits per heavy atom. The van der Waals surface area contributed by atoms with Crippen LogP contribution in [0.4, 0.5) is 5.69 Å². The highest BCUT2D eigenvalue weighted by Crippen LogP contribution is 2.16. The smallest absolute Gasteiger partial charge is 0.376 e. The fourth-order valence-electron chi connectivity index (χ4n) is 2.36. The Morgan fingerprint density at radius 2 is 1.88 bits per heavy atom. The maximum absolute atomic E-state index is 12.8. The van der Waals surface area contributed by atoms with Crippen LogP contribution in [0.1, 0.15) is 17.5 Å². The van der Waals surface area contributed by atoms with Crippen LogP contribution >= 0.6 is 0 Å². The van der Waals surface area contributed by atoms with E-state index in [9.17, 15) is 9.59 Å². The highest BCUT2D eigenvalue weighted by Gasteiger charge is 2.18. The van der Waals surface area contributed by atoms with Crippen LogP contribution in [0, 0.1) is 0 Å². The first kappa shape index (κ1) is 16.5. The number of nitrogens with one attached hydrogen (secondary N) is 1. The zero-order chi connectivity index (χ0) is 17.8. The minimum Gasteiger partial charge on any atom is -0.497 e. The number of hydrogen-bond donors (Lipinski definition) is 1. The van der Waals surface area contributed by atoms with E-state index in [1.54, 1.807) is 62.6 Å². The van der Waals surface area contributed by atoms with Gasteiger partial charge in [0, 0.05) is 0 Å². The first-order valence-electron chi connectivity index (χ1n) is 7.74. The molecule has 0 aliphatic heterocycles. The Balaban J connectivity index is 2.12. The van der Waals surface area contributed by atoms with Crippen LogP contribution < -0.4 is 15.7 Å². The van der Waals surface area contributed by atoms with Gasteiger partial charge in [-0.2, -0.15) is 4.68 Å². The third-order valence-electron chi connectivity index (χ3n) is 3.56. The standard InChI is InChI=1S/C18H17N3O4/c1-3-25-18(23)16-19-15-7-5-4-6-14(15)17(22)21(16)20-12-8-10-13(24-2)11-9-12/h4-11,20H,3H2,1-2H3. The molecule has 0 unspecified atom stereocenters. The number of carbonyl (C=O) groups excluding carboxylic acids is 1. The number of aromatic nitrogens is 2. The number of anilines is 1. The average molecular weight is 339 g/mol. The number of fused-ring (bicyclic) bond motifs is 1. The van der Waals surface area contributed by atoms with Gasteiger partial charge in [-0.1, -0.05) is 12.1 Å². The molecule has 0 atom stereocenters. The highest BCUT2D eigenvalue weighted by molar-refractivity contribution is 5.89. The summed E-state index contributed by atoms with van der Waals surface area (Å²) >= 11 is 0. The van der Waals surface area contributed by atoms with Gasteiger partial charge < -0.3 is 9.47 Å². The van der Waals surface area contributed by atoms with Crippen LogP contribution in [-0.2, 0) is 4.74 Å². The second-order valence-corrected chi connectivity index (χ2v) is 5.15. The Kier molecular flexibility index (Phi) is 4.65. The Labute approximate surface area is 143 Å². The second kappa shape index (κ2) is 7.04. The van der Waals surface area contributed by atoms with Gasteiger partial charge in [-0.25, -0.2) is 9.78 Å². The van der Waals surface area contributed by atoms with Crippen LogP contribution in [0.3, 0.4) is 0 Å². The summed E-state index contributed by atoms with van der Waals surface area (Å²) in [7, 11) is 1.57. The molecule has 0 saturated heterocycles. The van der Waals surface area contributed by atoms with Crippen molar-refractivity contribution in [2.24, 2.45) is 0 Å². The van der Waals surface area contributed by atoms with Gasteiger partial charge in [0.05, 0.1) is 30.3 Å². The van der Waals surface area contributed by atoms with Gasteiger partial charge in [-0.15, -0.1) is 0 Å². The molecule has 3 aromatic rings. The summed E-state index contributed by atoms with van der Waals surface area (Å²) in [6, 6.07) is 13.8. The van der Waals surface area contributed by atoms with Crippen LogP contribution in [-0.4, -0.2) is 29.3 Å². The largest absolute Gasteiger partial charge is 0.497 e. The molecule has 0 fully saturated rings. The Morgan fingerprint density at radius 1 is 1.16 bits per heavy atom. The van der Waals surface area contributed by atoms with Crippen molar-refractivity contribution in [3.8, 4) is 5.75 Å². The van der Waals surface area contributed by atoms with Crippen molar-refractivity contribution in [1.82, 2.24) is 9.66 Å². The molecule has 7 heteroatoms. The van der Waals surface area contributed by atoms with Gasteiger partial charge in [0.25, 0.3) is 5.56 Å². The number of nitrogens with zero attached hydrogens (tertiary/aromatic N) is 2. The molecule has 1 heterocycles. The quantitative estimate of drug-likeness (QED) is 0.719. The van der Waals surface area contributed by atoms with Crippen LogP contribution in [0.2, 0.25) is 0 Å². The van der Waals surface area contributed by atoms with E-state index in [0.717, 1.165) is 4.68 Å². The fourth-order valence-corrected chi connectivity index (χ4v) is 2.36. The number of rotatable bonds is 5. The van der Waals surface area contributed by atoms with Crippen molar-refractivity contribution in [2.75, 3.05) is 19.1 Å². The summed E-state index contributed by atoms with van der Waals surface area (Å²) in [4.78, 5) is 29.3. The van der Waals surface area contributed by atoms with E-state index in [1.165, 1.54) is 0 Å². The van der Waals surface area contributed by atoms with E-state index in [4.69, 9.17) is 9.47 Å². The molecule has 7 nitrogen and oxygen atoms in total. The molecule has 0 saturated carbocycles.